The lowest BCUT2D eigenvalue weighted by Gasteiger charge is -2.11. The Kier molecular flexibility index (Phi) is 8.69. The zero-order valence-electron chi connectivity index (χ0n) is 18.3. The van der Waals surface area contributed by atoms with E-state index in [0.717, 1.165) is 24.3 Å². The fraction of sp³-hybridized carbons (Fsp3) is 0.231. The first kappa shape index (κ1) is 22.9. The minimum absolute atomic E-state index is 0.114. The van der Waals surface area contributed by atoms with Crippen molar-refractivity contribution in [3.05, 3.63) is 90.0 Å². The van der Waals surface area contributed by atoms with Crippen LogP contribution in [0.5, 0.6) is 5.75 Å². The van der Waals surface area contributed by atoms with E-state index >= 15 is 0 Å². The van der Waals surface area contributed by atoms with Crippen molar-refractivity contribution < 1.29 is 14.3 Å². The van der Waals surface area contributed by atoms with E-state index in [9.17, 15) is 9.59 Å². The molecule has 166 valence electrons. The van der Waals surface area contributed by atoms with Gasteiger partial charge in [0.05, 0.1) is 13.2 Å². The molecule has 6 nitrogen and oxygen atoms in total. The number of hydrogen-bond donors (Lipinski definition) is 3. The molecule has 0 aliphatic heterocycles. The first-order valence-corrected chi connectivity index (χ1v) is 10.8. The Morgan fingerprint density at radius 2 is 1.66 bits per heavy atom. The topological polar surface area (TPSA) is 79.5 Å². The van der Waals surface area contributed by atoms with Gasteiger partial charge >= 0.3 is 0 Å². The Labute approximate surface area is 189 Å². The van der Waals surface area contributed by atoms with Crippen LogP contribution in [-0.4, -0.2) is 31.5 Å². The van der Waals surface area contributed by atoms with Gasteiger partial charge in [-0.3, -0.25) is 9.59 Å². The largest absolute Gasteiger partial charge is 0.493 e. The van der Waals surface area contributed by atoms with Crippen molar-refractivity contribution in [2.24, 2.45) is 0 Å². The molecule has 0 saturated heterocycles. The summed E-state index contributed by atoms with van der Waals surface area (Å²) in [6.45, 7) is 3.34. The van der Waals surface area contributed by atoms with Crippen molar-refractivity contribution in [1.29, 1.82) is 0 Å². The normalized spacial score (nSPS) is 10.3. The lowest BCUT2D eigenvalue weighted by Crippen LogP contribution is -2.24. The molecular weight excluding hydrogens is 402 g/mol. The summed E-state index contributed by atoms with van der Waals surface area (Å²) in [7, 11) is 0. The molecule has 0 bridgehead atoms. The van der Waals surface area contributed by atoms with Crippen LogP contribution in [0.1, 0.15) is 29.3 Å². The minimum atomic E-state index is -0.177. The summed E-state index contributed by atoms with van der Waals surface area (Å²) in [5.74, 6) is 0.462. The number of hydrogen-bond acceptors (Lipinski definition) is 4. The maximum atomic E-state index is 12.3. The van der Waals surface area contributed by atoms with E-state index in [1.165, 1.54) is 5.56 Å². The van der Waals surface area contributed by atoms with Crippen LogP contribution >= 0.6 is 0 Å². The third kappa shape index (κ3) is 7.47. The number of carbonyl (C=O) groups excluding carboxylic acids is 2. The van der Waals surface area contributed by atoms with Crippen molar-refractivity contribution in [2.45, 2.75) is 19.8 Å². The number of rotatable bonds is 11. The number of amides is 2. The smallest absolute Gasteiger partial charge is 0.251 e. The van der Waals surface area contributed by atoms with Gasteiger partial charge in [-0.25, -0.2) is 0 Å². The second kappa shape index (κ2) is 12.2. The van der Waals surface area contributed by atoms with Crippen molar-refractivity contribution >= 4 is 23.2 Å². The lowest BCUT2D eigenvalue weighted by molar-refractivity contribution is -0.114. The highest BCUT2D eigenvalue weighted by Crippen LogP contribution is 2.18. The summed E-state index contributed by atoms with van der Waals surface area (Å²) in [6.07, 6.45) is 1.72. The maximum absolute atomic E-state index is 12.3. The molecule has 6 heteroatoms. The van der Waals surface area contributed by atoms with Crippen LogP contribution in [0, 0.1) is 0 Å². The predicted octanol–water partition coefficient (Wildman–Crippen LogP) is 4.50. The van der Waals surface area contributed by atoms with Gasteiger partial charge in [-0.2, -0.15) is 0 Å². The van der Waals surface area contributed by atoms with E-state index in [0.29, 0.717) is 24.4 Å². The van der Waals surface area contributed by atoms with Crippen molar-refractivity contribution in [1.82, 2.24) is 5.32 Å². The van der Waals surface area contributed by atoms with Crippen LogP contribution in [-0.2, 0) is 11.2 Å². The summed E-state index contributed by atoms with van der Waals surface area (Å²) in [6, 6.07) is 24.6. The molecule has 3 aromatic rings. The van der Waals surface area contributed by atoms with Gasteiger partial charge in [0.1, 0.15) is 5.75 Å². The third-order valence-electron chi connectivity index (χ3n) is 4.76. The molecule has 0 fully saturated rings. The Morgan fingerprint density at radius 3 is 2.41 bits per heavy atom. The van der Waals surface area contributed by atoms with Crippen LogP contribution in [0.3, 0.4) is 0 Å². The highest BCUT2D eigenvalue weighted by atomic mass is 16.5. The average molecular weight is 432 g/mol. The molecule has 0 atom stereocenters. The zero-order chi connectivity index (χ0) is 22.6. The molecule has 2 amide bonds. The standard InChI is InChI=1S/C26H29N3O3/c1-2-16-27-26(31)21-11-13-22(14-12-21)29-25(30)19-28-23-9-6-10-24(18-23)32-17-15-20-7-4-3-5-8-20/h3-14,18,28H,2,15-17,19H2,1H3,(H,27,31)(H,29,30). The quantitative estimate of drug-likeness (QED) is 0.418. The lowest BCUT2D eigenvalue weighted by atomic mass is 10.2. The van der Waals surface area contributed by atoms with Gasteiger partial charge in [0.25, 0.3) is 5.91 Å². The molecular formula is C26H29N3O3. The SMILES string of the molecule is CCCNC(=O)c1ccc(NC(=O)CNc2cccc(OCCc3ccccc3)c2)cc1. The van der Waals surface area contributed by atoms with Crippen molar-refractivity contribution in [2.75, 3.05) is 30.3 Å². The molecule has 3 N–H and O–H groups in total. The van der Waals surface area contributed by atoms with E-state index in [1.807, 2.05) is 49.4 Å². The predicted molar refractivity (Wildman–Crippen MR) is 128 cm³/mol. The van der Waals surface area contributed by atoms with Crippen molar-refractivity contribution in [3.63, 3.8) is 0 Å². The van der Waals surface area contributed by atoms with E-state index in [1.54, 1.807) is 24.3 Å². The van der Waals surface area contributed by atoms with Crippen LogP contribution in [0.15, 0.2) is 78.9 Å². The highest BCUT2D eigenvalue weighted by molar-refractivity contribution is 5.96. The Bertz CT molecular complexity index is 1000. The van der Waals surface area contributed by atoms with Crippen LogP contribution in [0.4, 0.5) is 11.4 Å². The van der Waals surface area contributed by atoms with Crippen molar-refractivity contribution in [3.8, 4) is 5.75 Å². The van der Waals surface area contributed by atoms with Gasteiger partial charge in [0, 0.05) is 36.0 Å². The fourth-order valence-electron chi connectivity index (χ4n) is 3.06. The summed E-state index contributed by atoms with van der Waals surface area (Å²) in [5, 5.41) is 8.76. The minimum Gasteiger partial charge on any atom is -0.493 e. The van der Waals surface area contributed by atoms with Gasteiger partial charge in [0.15, 0.2) is 0 Å². The molecule has 32 heavy (non-hydrogen) atoms. The second-order valence-electron chi connectivity index (χ2n) is 7.35. The Morgan fingerprint density at radius 1 is 0.875 bits per heavy atom. The number of anilines is 2. The monoisotopic (exact) mass is 431 g/mol. The number of carbonyl (C=O) groups is 2. The molecule has 0 heterocycles. The first-order chi connectivity index (χ1) is 15.6. The average Bonchev–Trinajstić information content (AvgIpc) is 2.83. The summed E-state index contributed by atoms with van der Waals surface area (Å²) in [4.78, 5) is 24.2. The molecule has 0 spiro atoms. The molecule has 0 aliphatic carbocycles. The Balaban J connectivity index is 1.43. The van der Waals surface area contributed by atoms with Crippen LogP contribution < -0.4 is 20.7 Å². The highest BCUT2D eigenvalue weighted by Gasteiger charge is 2.07. The summed E-state index contributed by atoms with van der Waals surface area (Å²) in [5.41, 5.74) is 3.24. The fourth-order valence-corrected chi connectivity index (χ4v) is 3.06. The molecule has 3 rings (SSSR count). The first-order valence-electron chi connectivity index (χ1n) is 10.8. The molecule has 3 aromatic carbocycles. The number of nitrogens with one attached hydrogen (secondary N) is 3. The van der Waals surface area contributed by atoms with Gasteiger partial charge in [-0.15, -0.1) is 0 Å². The van der Waals surface area contributed by atoms with Gasteiger partial charge in [0.2, 0.25) is 5.91 Å². The van der Waals surface area contributed by atoms with E-state index < -0.39 is 0 Å². The van der Waals surface area contributed by atoms with Gasteiger partial charge in [-0.05, 0) is 48.4 Å². The van der Waals surface area contributed by atoms with Gasteiger partial charge < -0.3 is 20.7 Å². The molecule has 0 aliphatic rings. The number of ether oxygens (including phenoxy) is 1. The molecule has 0 saturated carbocycles. The Hall–Kier alpha value is -3.80. The zero-order valence-corrected chi connectivity index (χ0v) is 18.3. The van der Waals surface area contributed by atoms with E-state index in [-0.39, 0.29) is 18.4 Å². The van der Waals surface area contributed by atoms with Gasteiger partial charge in [-0.1, -0.05) is 43.3 Å². The molecule has 0 aromatic heterocycles. The third-order valence-corrected chi connectivity index (χ3v) is 4.76. The van der Waals surface area contributed by atoms with Crippen LogP contribution in [0.25, 0.3) is 0 Å². The maximum Gasteiger partial charge on any atom is 0.251 e. The molecule has 0 radical (unpaired) electrons. The second-order valence-corrected chi connectivity index (χ2v) is 7.35. The number of benzene rings is 3. The molecule has 0 unspecified atom stereocenters. The van der Waals surface area contributed by atoms with E-state index in [2.05, 4.69) is 28.1 Å². The summed E-state index contributed by atoms with van der Waals surface area (Å²) >= 11 is 0. The summed E-state index contributed by atoms with van der Waals surface area (Å²) < 4.78 is 5.83. The van der Waals surface area contributed by atoms with E-state index in [4.69, 9.17) is 4.74 Å². The van der Waals surface area contributed by atoms with Crippen LogP contribution in [0.2, 0.25) is 0 Å².